The second-order valence-electron chi connectivity index (χ2n) is 6.22. The minimum absolute atomic E-state index is 0.0329. The average Bonchev–Trinajstić information content (AvgIpc) is 3.38. The van der Waals surface area contributed by atoms with E-state index >= 15 is 0 Å². The summed E-state index contributed by atoms with van der Waals surface area (Å²) in [4.78, 5) is 20.0. The number of hydrogen-bond acceptors (Lipinski definition) is 5. The lowest BCUT2D eigenvalue weighted by Crippen LogP contribution is -2.29. The van der Waals surface area contributed by atoms with Crippen LogP contribution in [0.25, 0.3) is 21.5 Å². The van der Waals surface area contributed by atoms with Crippen molar-refractivity contribution >= 4 is 39.5 Å². The Kier molecular flexibility index (Phi) is 4.38. The van der Waals surface area contributed by atoms with Gasteiger partial charge in [-0.3, -0.25) is 4.79 Å². The first-order chi connectivity index (χ1) is 12.5. The predicted molar refractivity (Wildman–Crippen MR) is 107 cm³/mol. The number of carbonyl (C=O) groups is 1. The van der Waals surface area contributed by atoms with Gasteiger partial charge in [0.05, 0.1) is 11.7 Å². The fourth-order valence-corrected chi connectivity index (χ4v) is 4.60. The molecule has 0 radical (unpaired) electrons. The van der Waals surface area contributed by atoms with Gasteiger partial charge in [-0.25, -0.2) is 4.98 Å². The maximum Gasteiger partial charge on any atom is 0.266 e. The number of nitrogens with zero attached hydrogens (tertiary/aromatic N) is 2. The molecule has 0 fully saturated rings. The number of thiazole rings is 1. The molecule has 4 rings (SSSR count). The highest BCUT2D eigenvalue weighted by Gasteiger charge is 2.25. The van der Waals surface area contributed by atoms with Crippen molar-refractivity contribution in [1.82, 2.24) is 9.88 Å². The van der Waals surface area contributed by atoms with Crippen LogP contribution in [0.2, 0.25) is 0 Å². The van der Waals surface area contributed by atoms with E-state index in [0.29, 0.717) is 4.88 Å². The van der Waals surface area contributed by atoms with Gasteiger partial charge >= 0.3 is 0 Å². The number of thiophene rings is 1. The van der Waals surface area contributed by atoms with Crippen molar-refractivity contribution < 1.29 is 9.21 Å². The number of amides is 1. The molecule has 4 aromatic rings. The van der Waals surface area contributed by atoms with Crippen molar-refractivity contribution in [2.75, 3.05) is 7.05 Å². The van der Waals surface area contributed by atoms with E-state index in [4.69, 9.17) is 4.42 Å². The first-order valence-corrected chi connectivity index (χ1v) is 10.1. The average molecular weight is 383 g/mol. The number of benzene rings is 1. The second-order valence-corrected chi connectivity index (χ2v) is 8.00. The van der Waals surface area contributed by atoms with Gasteiger partial charge in [-0.2, -0.15) is 11.3 Å². The summed E-state index contributed by atoms with van der Waals surface area (Å²) >= 11 is 3.07. The van der Waals surface area contributed by atoms with Crippen LogP contribution in [0.3, 0.4) is 0 Å². The molecule has 0 N–H and O–H groups in total. The molecule has 0 saturated heterocycles. The maximum absolute atomic E-state index is 13.0. The molecule has 1 aromatic carbocycles. The van der Waals surface area contributed by atoms with E-state index in [1.165, 1.54) is 11.3 Å². The second kappa shape index (κ2) is 6.70. The Morgan fingerprint density at radius 2 is 2.08 bits per heavy atom. The normalized spacial score (nSPS) is 12.4. The van der Waals surface area contributed by atoms with Crippen molar-refractivity contribution in [2.45, 2.75) is 19.9 Å². The van der Waals surface area contributed by atoms with Crippen LogP contribution < -0.4 is 0 Å². The minimum Gasteiger partial charge on any atom is -0.459 e. The predicted octanol–water partition coefficient (Wildman–Crippen LogP) is 5.76. The number of para-hydroxylation sites is 1. The molecule has 4 nitrogen and oxygen atoms in total. The maximum atomic E-state index is 13.0. The number of hydrogen-bond donors (Lipinski definition) is 0. The number of furan rings is 1. The minimum atomic E-state index is -0.166. The lowest BCUT2D eigenvalue weighted by molar-refractivity contribution is 0.0731. The van der Waals surface area contributed by atoms with Gasteiger partial charge in [0.25, 0.3) is 5.91 Å². The third-order valence-corrected chi connectivity index (χ3v) is 6.39. The van der Waals surface area contributed by atoms with Crippen molar-refractivity contribution in [3.63, 3.8) is 0 Å². The van der Waals surface area contributed by atoms with Gasteiger partial charge in [0, 0.05) is 23.4 Å². The molecule has 26 heavy (non-hydrogen) atoms. The van der Waals surface area contributed by atoms with Crippen LogP contribution in [0.15, 0.2) is 51.6 Å². The van der Waals surface area contributed by atoms with Crippen molar-refractivity contribution in [1.29, 1.82) is 0 Å². The lowest BCUT2D eigenvalue weighted by Gasteiger charge is -2.22. The molecule has 0 spiro atoms. The van der Waals surface area contributed by atoms with Crippen LogP contribution in [-0.2, 0) is 0 Å². The summed E-state index contributed by atoms with van der Waals surface area (Å²) in [5.74, 6) is 0.747. The highest BCUT2D eigenvalue weighted by atomic mass is 32.1. The summed E-state index contributed by atoms with van der Waals surface area (Å²) < 4.78 is 5.93. The number of rotatable bonds is 4. The van der Waals surface area contributed by atoms with E-state index in [2.05, 4.69) is 4.98 Å². The summed E-state index contributed by atoms with van der Waals surface area (Å²) in [5, 5.41) is 6.00. The van der Waals surface area contributed by atoms with Crippen LogP contribution in [0.4, 0.5) is 0 Å². The third kappa shape index (κ3) is 2.95. The molecule has 0 saturated carbocycles. The first kappa shape index (κ1) is 17.0. The van der Waals surface area contributed by atoms with E-state index in [1.54, 1.807) is 16.2 Å². The smallest absolute Gasteiger partial charge is 0.266 e. The largest absolute Gasteiger partial charge is 0.459 e. The molecule has 132 valence electrons. The van der Waals surface area contributed by atoms with Gasteiger partial charge < -0.3 is 9.32 Å². The summed E-state index contributed by atoms with van der Waals surface area (Å²) in [7, 11) is 1.81. The van der Waals surface area contributed by atoms with Gasteiger partial charge in [0.2, 0.25) is 0 Å². The summed E-state index contributed by atoms with van der Waals surface area (Å²) in [6.07, 6.45) is 0. The molecular formula is C20H18N2O2S2. The quantitative estimate of drug-likeness (QED) is 0.451. The van der Waals surface area contributed by atoms with E-state index < -0.39 is 0 Å². The number of carbonyl (C=O) groups excluding carboxylic acids is 1. The SMILES string of the molecule is Cc1nc(-c2ccsc2)sc1C(=O)N(C)C(C)c1cc2ccccc2o1. The van der Waals surface area contributed by atoms with Crippen molar-refractivity contribution in [3.8, 4) is 10.6 Å². The zero-order valence-electron chi connectivity index (χ0n) is 14.7. The molecule has 0 aliphatic heterocycles. The Morgan fingerprint density at radius 1 is 1.27 bits per heavy atom. The molecule has 6 heteroatoms. The highest BCUT2D eigenvalue weighted by Crippen LogP contribution is 2.32. The molecule has 0 bridgehead atoms. The molecule has 1 amide bonds. The Labute approximate surface area is 159 Å². The molecule has 1 unspecified atom stereocenters. The van der Waals surface area contributed by atoms with Crippen LogP contribution in [0, 0.1) is 6.92 Å². The van der Waals surface area contributed by atoms with Crippen molar-refractivity contribution in [2.24, 2.45) is 0 Å². The molecule has 1 atom stereocenters. The monoisotopic (exact) mass is 382 g/mol. The van der Waals surface area contributed by atoms with E-state index in [1.807, 2.05) is 68.1 Å². The Bertz CT molecular complexity index is 1030. The van der Waals surface area contributed by atoms with Crippen LogP contribution in [0.1, 0.15) is 34.1 Å². The fourth-order valence-electron chi connectivity index (χ4n) is 2.84. The fraction of sp³-hybridized carbons (Fsp3) is 0.200. The molecule has 3 heterocycles. The number of aromatic nitrogens is 1. The van der Waals surface area contributed by atoms with Crippen LogP contribution >= 0.6 is 22.7 Å². The van der Waals surface area contributed by atoms with E-state index in [9.17, 15) is 4.79 Å². The summed E-state index contributed by atoms with van der Waals surface area (Å²) in [5.41, 5.74) is 2.67. The van der Waals surface area contributed by atoms with Crippen molar-refractivity contribution in [3.05, 3.63) is 63.5 Å². The molecule has 3 aromatic heterocycles. The Morgan fingerprint density at radius 3 is 2.81 bits per heavy atom. The zero-order valence-corrected chi connectivity index (χ0v) is 16.4. The van der Waals surface area contributed by atoms with E-state index in [0.717, 1.165) is 33.0 Å². The highest BCUT2D eigenvalue weighted by molar-refractivity contribution is 7.17. The first-order valence-electron chi connectivity index (χ1n) is 8.30. The van der Waals surface area contributed by atoms with E-state index in [-0.39, 0.29) is 11.9 Å². The van der Waals surface area contributed by atoms with Gasteiger partial charge in [-0.05, 0) is 37.4 Å². The molecule has 0 aliphatic rings. The van der Waals surface area contributed by atoms with Gasteiger partial charge in [-0.1, -0.05) is 18.2 Å². The summed E-state index contributed by atoms with van der Waals surface area (Å²) in [6.45, 7) is 3.87. The van der Waals surface area contributed by atoms with Crippen LogP contribution in [0.5, 0.6) is 0 Å². The summed E-state index contributed by atoms with van der Waals surface area (Å²) in [6, 6.07) is 11.7. The topological polar surface area (TPSA) is 46.3 Å². The lowest BCUT2D eigenvalue weighted by atomic mass is 10.2. The number of fused-ring (bicyclic) bond motifs is 1. The zero-order chi connectivity index (χ0) is 18.3. The van der Waals surface area contributed by atoms with Crippen LogP contribution in [-0.4, -0.2) is 22.8 Å². The van der Waals surface area contributed by atoms with Gasteiger partial charge in [0.1, 0.15) is 21.2 Å². The molecular weight excluding hydrogens is 364 g/mol. The Hall–Kier alpha value is -2.44. The van der Waals surface area contributed by atoms with Gasteiger partial charge in [-0.15, -0.1) is 11.3 Å². The number of aryl methyl sites for hydroxylation is 1. The third-order valence-electron chi connectivity index (χ3n) is 4.52. The van der Waals surface area contributed by atoms with Gasteiger partial charge in [0.15, 0.2) is 0 Å². The standard InChI is InChI=1S/C20H18N2O2S2/c1-12-18(26-19(21-12)15-8-9-25-11-15)20(23)22(3)13(2)17-10-14-6-4-5-7-16(14)24-17/h4-11,13H,1-3H3. The Balaban J connectivity index is 1.61. The molecule has 0 aliphatic carbocycles.